The topological polar surface area (TPSA) is 68.7 Å². The van der Waals surface area contributed by atoms with Crippen molar-refractivity contribution >= 4 is 39.0 Å². The van der Waals surface area contributed by atoms with Gasteiger partial charge in [-0.05, 0) is 26.0 Å². The molecule has 0 spiro atoms. The number of nitrogens with zero attached hydrogens (tertiary/aromatic N) is 3. The van der Waals surface area contributed by atoms with E-state index in [-0.39, 0.29) is 0 Å². The smallest absolute Gasteiger partial charge is 0.183 e. The third-order valence-corrected chi connectivity index (χ3v) is 6.15. The second-order valence-corrected chi connectivity index (χ2v) is 8.86. The molecule has 1 N–H and O–H groups in total. The first kappa shape index (κ1) is 22.1. The van der Waals surface area contributed by atoms with Gasteiger partial charge in [0.15, 0.2) is 5.13 Å². The third-order valence-electron chi connectivity index (χ3n) is 5.01. The summed E-state index contributed by atoms with van der Waals surface area (Å²) in [7, 11) is 1.64. The van der Waals surface area contributed by atoms with E-state index in [1.165, 1.54) is 0 Å². The highest BCUT2D eigenvalue weighted by Crippen LogP contribution is 2.38. The SMILES string of the molecule is COc1cc(-c2csc(NC(C)C)n2)nc2c(Cl)c(OCCN3CCOCC3)ccc12. The number of rotatable bonds is 8. The van der Waals surface area contributed by atoms with E-state index in [1.807, 2.05) is 23.6 Å². The standard InChI is InChI=1S/C22H27ClN4O3S/c1-14(2)24-22-26-17(13-31-22)16-12-19(28-3)15-4-5-18(20(23)21(15)25-16)30-11-8-27-6-9-29-10-7-27/h4-5,12-14H,6-11H2,1-3H3,(H,24,26). The van der Waals surface area contributed by atoms with Crippen molar-refractivity contribution in [2.75, 3.05) is 51.9 Å². The number of methoxy groups -OCH3 is 1. The average molecular weight is 463 g/mol. The molecule has 0 bridgehead atoms. The zero-order valence-corrected chi connectivity index (χ0v) is 19.6. The van der Waals surface area contributed by atoms with Gasteiger partial charge in [0.05, 0.1) is 31.5 Å². The number of anilines is 1. The first-order valence-electron chi connectivity index (χ1n) is 10.4. The zero-order valence-electron chi connectivity index (χ0n) is 18.0. The molecule has 0 radical (unpaired) electrons. The number of morpholine rings is 1. The number of hydrogen-bond donors (Lipinski definition) is 1. The Hall–Kier alpha value is -2.13. The Bertz CT molecular complexity index is 1040. The molecule has 0 aliphatic carbocycles. The lowest BCUT2D eigenvalue weighted by Crippen LogP contribution is -2.38. The maximum absolute atomic E-state index is 6.72. The molecule has 31 heavy (non-hydrogen) atoms. The Morgan fingerprint density at radius 2 is 2.00 bits per heavy atom. The molecule has 4 rings (SSSR count). The van der Waals surface area contributed by atoms with E-state index in [9.17, 15) is 0 Å². The molecule has 3 aromatic rings. The molecule has 1 aliphatic rings. The maximum Gasteiger partial charge on any atom is 0.183 e. The molecule has 1 aliphatic heterocycles. The second-order valence-electron chi connectivity index (χ2n) is 7.62. The first-order chi connectivity index (χ1) is 15.0. The second kappa shape index (κ2) is 9.99. The van der Waals surface area contributed by atoms with Crippen molar-refractivity contribution < 1.29 is 14.2 Å². The number of benzene rings is 1. The van der Waals surface area contributed by atoms with Gasteiger partial charge < -0.3 is 19.5 Å². The van der Waals surface area contributed by atoms with Crippen molar-refractivity contribution in [3.05, 3.63) is 28.6 Å². The fraction of sp³-hybridized carbons (Fsp3) is 0.455. The van der Waals surface area contributed by atoms with E-state index < -0.39 is 0 Å². The monoisotopic (exact) mass is 462 g/mol. The Labute approximate surface area is 191 Å². The van der Waals surface area contributed by atoms with Crippen LogP contribution in [-0.2, 0) is 4.74 Å². The summed E-state index contributed by atoms with van der Waals surface area (Å²) < 4.78 is 17.0. The molecular formula is C22H27ClN4O3S. The van der Waals surface area contributed by atoms with Crippen LogP contribution in [0.3, 0.4) is 0 Å². The van der Waals surface area contributed by atoms with Crippen LogP contribution in [0, 0.1) is 0 Å². The number of halogens is 1. The number of pyridine rings is 1. The van der Waals surface area contributed by atoms with Gasteiger partial charge in [-0.2, -0.15) is 0 Å². The van der Waals surface area contributed by atoms with Gasteiger partial charge in [0.2, 0.25) is 0 Å². The lowest BCUT2D eigenvalue weighted by Gasteiger charge is -2.26. The van der Waals surface area contributed by atoms with Gasteiger partial charge in [-0.15, -0.1) is 11.3 Å². The van der Waals surface area contributed by atoms with Gasteiger partial charge >= 0.3 is 0 Å². The van der Waals surface area contributed by atoms with Crippen LogP contribution in [0.5, 0.6) is 11.5 Å². The molecule has 2 aromatic heterocycles. The number of ether oxygens (including phenoxy) is 3. The van der Waals surface area contributed by atoms with Crippen LogP contribution >= 0.6 is 22.9 Å². The van der Waals surface area contributed by atoms with Crippen LogP contribution in [-0.4, -0.2) is 67.5 Å². The fourth-order valence-corrected chi connectivity index (χ4v) is 4.55. The van der Waals surface area contributed by atoms with E-state index in [4.69, 9.17) is 30.8 Å². The van der Waals surface area contributed by atoms with Crippen LogP contribution in [0.1, 0.15) is 13.8 Å². The molecule has 3 heterocycles. The summed E-state index contributed by atoms with van der Waals surface area (Å²) in [4.78, 5) is 11.8. The molecule has 1 saturated heterocycles. The zero-order chi connectivity index (χ0) is 21.8. The van der Waals surface area contributed by atoms with E-state index in [0.717, 1.165) is 49.1 Å². The number of thiazole rings is 1. The lowest BCUT2D eigenvalue weighted by molar-refractivity contribution is 0.0322. The fourth-order valence-electron chi connectivity index (χ4n) is 3.43. The summed E-state index contributed by atoms with van der Waals surface area (Å²) in [5, 5.41) is 7.48. The average Bonchev–Trinajstić information content (AvgIpc) is 3.23. The van der Waals surface area contributed by atoms with Crippen LogP contribution in [0.2, 0.25) is 5.02 Å². The minimum atomic E-state index is 0.310. The number of hydrogen-bond acceptors (Lipinski definition) is 8. The predicted octanol–water partition coefficient (Wildman–Crippen LogP) is 4.55. The summed E-state index contributed by atoms with van der Waals surface area (Å²) >= 11 is 8.27. The third kappa shape index (κ3) is 5.20. The van der Waals surface area contributed by atoms with Gasteiger partial charge in [-0.1, -0.05) is 11.6 Å². The van der Waals surface area contributed by atoms with Gasteiger partial charge in [0.25, 0.3) is 0 Å². The molecule has 1 aromatic carbocycles. The molecule has 0 amide bonds. The normalized spacial score (nSPS) is 14.9. The largest absolute Gasteiger partial charge is 0.496 e. The summed E-state index contributed by atoms with van der Waals surface area (Å²) in [5.41, 5.74) is 2.14. The molecule has 1 fully saturated rings. The van der Waals surface area contributed by atoms with Gasteiger partial charge in [0, 0.05) is 42.5 Å². The van der Waals surface area contributed by atoms with Crippen LogP contribution < -0.4 is 14.8 Å². The summed E-state index contributed by atoms with van der Waals surface area (Å²) in [6.45, 7) is 8.95. The van der Waals surface area contributed by atoms with E-state index in [1.54, 1.807) is 18.4 Å². The minimum Gasteiger partial charge on any atom is -0.496 e. The quantitative estimate of drug-likeness (QED) is 0.526. The van der Waals surface area contributed by atoms with Crippen molar-refractivity contribution in [1.29, 1.82) is 0 Å². The van der Waals surface area contributed by atoms with Crippen molar-refractivity contribution in [1.82, 2.24) is 14.9 Å². The molecule has 166 valence electrons. The van der Waals surface area contributed by atoms with E-state index in [2.05, 4.69) is 29.0 Å². The maximum atomic E-state index is 6.72. The van der Waals surface area contributed by atoms with Crippen LogP contribution in [0.15, 0.2) is 23.6 Å². The predicted molar refractivity (Wildman–Crippen MR) is 126 cm³/mol. The Balaban J connectivity index is 1.59. The lowest BCUT2D eigenvalue weighted by atomic mass is 10.1. The highest BCUT2D eigenvalue weighted by Gasteiger charge is 2.17. The molecule has 0 unspecified atom stereocenters. The Kier molecular flexibility index (Phi) is 7.12. The van der Waals surface area contributed by atoms with Gasteiger partial charge in [-0.25, -0.2) is 9.97 Å². The highest BCUT2D eigenvalue weighted by molar-refractivity contribution is 7.14. The number of aromatic nitrogens is 2. The molecule has 0 saturated carbocycles. The van der Waals surface area contributed by atoms with E-state index >= 15 is 0 Å². The molecular weight excluding hydrogens is 436 g/mol. The summed E-state index contributed by atoms with van der Waals surface area (Å²) in [5.74, 6) is 1.32. The van der Waals surface area contributed by atoms with Crippen LogP contribution in [0.25, 0.3) is 22.3 Å². The van der Waals surface area contributed by atoms with Crippen molar-refractivity contribution in [2.24, 2.45) is 0 Å². The molecule has 7 nitrogen and oxygen atoms in total. The summed E-state index contributed by atoms with van der Waals surface area (Å²) in [6, 6.07) is 6.02. The summed E-state index contributed by atoms with van der Waals surface area (Å²) in [6.07, 6.45) is 0. The number of nitrogens with one attached hydrogen (secondary N) is 1. The van der Waals surface area contributed by atoms with Crippen molar-refractivity contribution in [3.8, 4) is 22.9 Å². The first-order valence-corrected chi connectivity index (χ1v) is 11.6. The highest BCUT2D eigenvalue weighted by atomic mass is 35.5. The Morgan fingerprint density at radius 3 is 2.74 bits per heavy atom. The number of fused-ring (bicyclic) bond motifs is 1. The van der Waals surface area contributed by atoms with E-state index in [0.29, 0.717) is 40.4 Å². The Morgan fingerprint density at radius 1 is 1.19 bits per heavy atom. The van der Waals surface area contributed by atoms with Gasteiger partial charge in [-0.3, -0.25) is 4.90 Å². The van der Waals surface area contributed by atoms with Crippen LogP contribution in [0.4, 0.5) is 5.13 Å². The van der Waals surface area contributed by atoms with Gasteiger partial charge in [0.1, 0.15) is 28.8 Å². The minimum absolute atomic E-state index is 0.310. The molecule has 9 heteroatoms. The molecule has 0 atom stereocenters. The van der Waals surface area contributed by atoms with Crippen molar-refractivity contribution in [2.45, 2.75) is 19.9 Å². The van der Waals surface area contributed by atoms with Crippen molar-refractivity contribution in [3.63, 3.8) is 0 Å².